The van der Waals surface area contributed by atoms with E-state index < -0.39 is 0 Å². The van der Waals surface area contributed by atoms with Gasteiger partial charge in [-0.25, -0.2) is 0 Å². The Morgan fingerprint density at radius 2 is 2.06 bits per heavy atom. The summed E-state index contributed by atoms with van der Waals surface area (Å²) in [5, 5.41) is 3.79. The summed E-state index contributed by atoms with van der Waals surface area (Å²) in [6.45, 7) is 10.0. The molecule has 0 bridgehead atoms. The molecule has 2 heteroatoms. The third kappa shape index (κ3) is 2.91. The van der Waals surface area contributed by atoms with E-state index in [1.807, 2.05) is 0 Å². The molecule has 0 spiro atoms. The molecule has 18 heavy (non-hydrogen) atoms. The van der Waals surface area contributed by atoms with Crippen LogP contribution in [0.15, 0.2) is 0 Å². The van der Waals surface area contributed by atoms with E-state index in [0.717, 1.165) is 17.8 Å². The van der Waals surface area contributed by atoms with Gasteiger partial charge in [-0.2, -0.15) is 0 Å². The fourth-order valence-electron chi connectivity index (χ4n) is 4.34. The van der Waals surface area contributed by atoms with Gasteiger partial charge in [-0.05, 0) is 50.4 Å². The minimum Gasteiger partial charge on any atom is -0.309 e. The summed E-state index contributed by atoms with van der Waals surface area (Å²) in [7, 11) is 0. The van der Waals surface area contributed by atoms with E-state index in [-0.39, 0.29) is 0 Å². The maximum Gasteiger partial charge on any atom is 0.0309 e. The van der Waals surface area contributed by atoms with Gasteiger partial charge in [0.1, 0.15) is 0 Å². The van der Waals surface area contributed by atoms with Crippen LogP contribution in [0.25, 0.3) is 0 Å². The minimum absolute atomic E-state index is 0.429. The number of nitrogens with one attached hydrogen (secondary N) is 1. The molecule has 3 unspecified atom stereocenters. The van der Waals surface area contributed by atoms with Crippen LogP contribution in [0, 0.1) is 17.8 Å². The molecule has 2 saturated carbocycles. The largest absolute Gasteiger partial charge is 0.309 e. The van der Waals surface area contributed by atoms with Gasteiger partial charge < -0.3 is 5.32 Å². The number of nitrogens with zero attached hydrogens (tertiary/aromatic N) is 1. The molecule has 2 aliphatic carbocycles. The number of hydrogen-bond acceptors (Lipinski definition) is 2. The average Bonchev–Trinajstić information content (AvgIpc) is 3.13. The molecule has 0 aromatic carbocycles. The summed E-state index contributed by atoms with van der Waals surface area (Å²) in [5.74, 6) is 2.92. The van der Waals surface area contributed by atoms with Crippen LogP contribution in [0.4, 0.5) is 0 Å². The smallest absolute Gasteiger partial charge is 0.0309 e. The van der Waals surface area contributed by atoms with Crippen LogP contribution in [0.5, 0.6) is 0 Å². The predicted octanol–water partition coefficient (Wildman–Crippen LogP) is 2.89. The highest BCUT2D eigenvalue weighted by atomic mass is 15.2. The molecule has 1 N–H and O–H groups in total. The Morgan fingerprint density at radius 3 is 2.78 bits per heavy atom. The van der Waals surface area contributed by atoms with Crippen LogP contribution in [-0.2, 0) is 0 Å². The second-order valence-electron chi connectivity index (χ2n) is 7.49. The molecule has 1 heterocycles. The van der Waals surface area contributed by atoms with Gasteiger partial charge >= 0.3 is 0 Å². The first kappa shape index (κ1) is 12.9. The molecule has 0 radical (unpaired) electrons. The first-order chi connectivity index (χ1) is 8.66. The van der Waals surface area contributed by atoms with Crippen molar-refractivity contribution in [1.82, 2.24) is 10.2 Å². The van der Waals surface area contributed by atoms with Crippen molar-refractivity contribution in [1.29, 1.82) is 0 Å². The van der Waals surface area contributed by atoms with Crippen LogP contribution >= 0.6 is 0 Å². The SMILES string of the molecule is CC1CCCC(CN2CCNC(C)(C3CC3)C2)C1. The molecule has 3 fully saturated rings. The van der Waals surface area contributed by atoms with Crippen molar-refractivity contribution in [2.24, 2.45) is 17.8 Å². The van der Waals surface area contributed by atoms with Crippen LogP contribution in [-0.4, -0.2) is 36.6 Å². The van der Waals surface area contributed by atoms with E-state index >= 15 is 0 Å². The minimum atomic E-state index is 0.429. The molecule has 0 amide bonds. The highest BCUT2D eigenvalue weighted by molar-refractivity contribution is 5.02. The van der Waals surface area contributed by atoms with Crippen molar-refractivity contribution in [2.75, 3.05) is 26.2 Å². The summed E-state index contributed by atoms with van der Waals surface area (Å²) in [6.07, 6.45) is 8.81. The van der Waals surface area contributed by atoms with Crippen LogP contribution in [0.1, 0.15) is 52.4 Å². The van der Waals surface area contributed by atoms with Gasteiger partial charge in [-0.3, -0.25) is 4.90 Å². The Kier molecular flexibility index (Phi) is 3.68. The van der Waals surface area contributed by atoms with Crippen molar-refractivity contribution < 1.29 is 0 Å². The average molecular weight is 250 g/mol. The van der Waals surface area contributed by atoms with Gasteiger partial charge in [0.15, 0.2) is 0 Å². The third-order valence-electron chi connectivity index (χ3n) is 5.55. The molecular weight excluding hydrogens is 220 g/mol. The summed E-state index contributed by atoms with van der Waals surface area (Å²) >= 11 is 0. The van der Waals surface area contributed by atoms with Crippen molar-refractivity contribution in [3.63, 3.8) is 0 Å². The number of hydrogen-bond donors (Lipinski definition) is 1. The van der Waals surface area contributed by atoms with Gasteiger partial charge in [-0.15, -0.1) is 0 Å². The van der Waals surface area contributed by atoms with E-state index in [9.17, 15) is 0 Å². The molecular formula is C16H30N2. The van der Waals surface area contributed by atoms with Gasteiger partial charge in [0.2, 0.25) is 0 Å². The zero-order valence-electron chi connectivity index (χ0n) is 12.3. The molecule has 1 saturated heterocycles. The standard InChI is InChI=1S/C16H30N2/c1-13-4-3-5-14(10-13)11-18-9-8-17-16(2,12-18)15-6-7-15/h13-15,17H,3-12H2,1-2H3. The first-order valence-corrected chi connectivity index (χ1v) is 8.13. The lowest BCUT2D eigenvalue weighted by atomic mass is 9.81. The van der Waals surface area contributed by atoms with Crippen molar-refractivity contribution in [3.8, 4) is 0 Å². The van der Waals surface area contributed by atoms with Crippen molar-refractivity contribution >= 4 is 0 Å². The predicted molar refractivity (Wildman–Crippen MR) is 76.7 cm³/mol. The summed E-state index contributed by atoms with van der Waals surface area (Å²) < 4.78 is 0. The van der Waals surface area contributed by atoms with Crippen LogP contribution < -0.4 is 5.32 Å². The highest BCUT2D eigenvalue weighted by Crippen LogP contribution is 2.41. The van der Waals surface area contributed by atoms with E-state index in [4.69, 9.17) is 0 Å². The maximum atomic E-state index is 3.79. The zero-order chi connectivity index (χ0) is 12.6. The molecule has 3 rings (SSSR count). The molecule has 1 aliphatic heterocycles. The summed E-state index contributed by atoms with van der Waals surface area (Å²) in [6, 6.07) is 0. The Balaban J connectivity index is 1.52. The third-order valence-corrected chi connectivity index (χ3v) is 5.55. The fraction of sp³-hybridized carbons (Fsp3) is 1.00. The quantitative estimate of drug-likeness (QED) is 0.828. The Morgan fingerprint density at radius 1 is 1.22 bits per heavy atom. The molecule has 0 aromatic rings. The van der Waals surface area contributed by atoms with E-state index in [1.54, 1.807) is 0 Å². The van der Waals surface area contributed by atoms with Gasteiger partial charge in [0, 0.05) is 31.7 Å². The zero-order valence-corrected chi connectivity index (χ0v) is 12.3. The monoisotopic (exact) mass is 250 g/mol. The van der Waals surface area contributed by atoms with E-state index in [1.165, 1.54) is 64.7 Å². The van der Waals surface area contributed by atoms with Crippen LogP contribution in [0.3, 0.4) is 0 Å². The molecule has 3 aliphatic rings. The molecule has 104 valence electrons. The molecule has 0 aromatic heterocycles. The van der Waals surface area contributed by atoms with E-state index in [0.29, 0.717) is 5.54 Å². The van der Waals surface area contributed by atoms with Gasteiger partial charge in [0.25, 0.3) is 0 Å². The molecule has 2 nitrogen and oxygen atoms in total. The lowest BCUT2D eigenvalue weighted by molar-refractivity contribution is 0.0973. The second kappa shape index (κ2) is 5.13. The second-order valence-corrected chi connectivity index (χ2v) is 7.49. The summed E-state index contributed by atoms with van der Waals surface area (Å²) in [5.41, 5.74) is 0.429. The number of rotatable bonds is 3. The van der Waals surface area contributed by atoms with Crippen LogP contribution in [0.2, 0.25) is 0 Å². The van der Waals surface area contributed by atoms with Gasteiger partial charge in [0.05, 0.1) is 0 Å². The van der Waals surface area contributed by atoms with Crippen molar-refractivity contribution in [2.45, 2.75) is 57.9 Å². The highest BCUT2D eigenvalue weighted by Gasteiger charge is 2.43. The first-order valence-electron chi connectivity index (χ1n) is 8.13. The topological polar surface area (TPSA) is 15.3 Å². The maximum absolute atomic E-state index is 3.79. The number of piperazine rings is 1. The Hall–Kier alpha value is -0.0800. The Labute approximate surface area is 113 Å². The van der Waals surface area contributed by atoms with Gasteiger partial charge in [-0.1, -0.05) is 19.8 Å². The lowest BCUT2D eigenvalue weighted by Crippen LogP contribution is -2.60. The Bertz CT molecular complexity index is 287. The summed E-state index contributed by atoms with van der Waals surface area (Å²) in [4.78, 5) is 2.76. The van der Waals surface area contributed by atoms with E-state index in [2.05, 4.69) is 24.1 Å². The fourth-order valence-corrected chi connectivity index (χ4v) is 4.34. The normalized spacial score (nSPS) is 43.0. The lowest BCUT2D eigenvalue weighted by Gasteiger charge is -2.43. The molecule has 3 atom stereocenters. The van der Waals surface area contributed by atoms with Crippen molar-refractivity contribution in [3.05, 3.63) is 0 Å².